The highest BCUT2D eigenvalue weighted by atomic mass is 32.2. The standard InChI is InChI=1S/C21H20N2O5S2/c24-17-13-15(19(27)22(17)12-5-4-11-18(25)26)23-20(28)16(30-21(23)29)10-6-9-14-7-2-1-3-8-14/h1-3,6-10,15H,4-5,11-13H2,(H,25,26)/b9-6+,16-10-. The molecule has 2 saturated heterocycles. The van der Waals surface area contributed by atoms with Gasteiger partial charge in [-0.3, -0.25) is 29.0 Å². The molecule has 9 heteroatoms. The van der Waals surface area contributed by atoms with Gasteiger partial charge in [-0.25, -0.2) is 0 Å². The summed E-state index contributed by atoms with van der Waals surface area (Å²) in [5.41, 5.74) is 0.985. The summed E-state index contributed by atoms with van der Waals surface area (Å²) >= 11 is 6.40. The number of carboxylic acid groups (broad SMARTS) is 1. The first kappa shape index (κ1) is 21.9. The Bertz CT molecular complexity index is 942. The van der Waals surface area contributed by atoms with Gasteiger partial charge in [0.05, 0.1) is 11.3 Å². The molecule has 1 atom stereocenters. The van der Waals surface area contributed by atoms with Crippen LogP contribution in [0.2, 0.25) is 0 Å². The van der Waals surface area contributed by atoms with E-state index in [2.05, 4.69) is 0 Å². The van der Waals surface area contributed by atoms with Gasteiger partial charge in [0.15, 0.2) is 0 Å². The lowest BCUT2D eigenvalue weighted by Gasteiger charge is -2.21. The molecule has 2 fully saturated rings. The Morgan fingerprint density at radius 3 is 2.63 bits per heavy atom. The van der Waals surface area contributed by atoms with Crippen molar-refractivity contribution in [2.24, 2.45) is 0 Å². The molecule has 156 valence electrons. The van der Waals surface area contributed by atoms with Crippen molar-refractivity contribution in [2.45, 2.75) is 31.7 Å². The summed E-state index contributed by atoms with van der Waals surface area (Å²) in [7, 11) is 0. The van der Waals surface area contributed by atoms with E-state index in [1.165, 1.54) is 4.90 Å². The molecular weight excluding hydrogens is 424 g/mol. The summed E-state index contributed by atoms with van der Waals surface area (Å²) < 4.78 is 0.248. The van der Waals surface area contributed by atoms with Gasteiger partial charge in [-0.2, -0.15) is 0 Å². The highest BCUT2D eigenvalue weighted by molar-refractivity contribution is 8.26. The summed E-state index contributed by atoms with van der Waals surface area (Å²) in [5, 5.41) is 8.69. The van der Waals surface area contributed by atoms with E-state index in [-0.39, 0.29) is 35.5 Å². The molecule has 1 N–H and O–H groups in total. The number of carbonyl (C=O) groups excluding carboxylic acids is 3. The van der Waals surface area contributed by atoms with Crippen LogP contribution in [-0.2, 0) is 19.2 Å². The van der Waals surface area contributed by atoms with E-state index in [4.69, 9.17) is 17.3 Å². The van der Waals surface area contributed by atoms with Crippen LogP contribution in [-0.4, -0.2) is 55.5 Å². The van der Waals surface area contributed by atoms with Gasteiger partial charge in [-0.1, -0.05) is 66.5 Å². The highest BCUT2D eigenvalue weighted by Gasteiger charge is 2.48. The third-order valence-electron chi connectivity index (χ3n) is 4.71. The van der Waals surface area contributed by atoms with Crippen LogP contribution in [0.4, 0.5) is 0 Å². The SMILES string of the molecule is O=C(O)CCCCN1C(=O)CC(N2C(=O)/C(=C/C=C/c3ccccc3)SC2=S)C1=O. The van der Waals surface area contributed by atoms with Crippen molar-refractivity contribution in [1.82, 2.24) is 9.80 Å². The summed E-state index contributed by atoms with van der Waals surface area (Å²) in [6.45, 7) is 0.145. The largest absolute Gasteiger partial charge is 0.481 e. The maximum atomic E-state index is 12.8. The molecule has 1 aromatic rings. The monoisotopic (exact) mass is 444 g/mol. The molecule has 3 rings (SSSR count). The van der Waals surface area contributed by atoms with Crippen molar-refractivity contribution in [3.8, 4) is 0 Å². The summed E-state index contributed by atoms with van der Waals surface area (Å²) in [4.78, 5) is 51.1. The zero-order chi connectivity index (χ0) is 21.7. The van der Waals surface area contributed by atoms with Crippen LogP contribution in [0, 0.1) is 0 Å². The fourth-order valence-corrected chi connectivity index (χ4v) is 4.53. The molecule has 3 amide bonds. The van der Waals surface area contributed by atoms with E-state index in [1.54, 1.807) is 12.2 Å². The van der Waals surface area contributed by atoms with E-state index in [1.807, 2.05) is 36.4 Å². The van der Waals surface area contributed by atoms with Gasteiger partial charge in [-0.05, 0) is 24.5 Å². The lowest BCUT2D eigenvalue weighted by Crippen LogP contribution is -2.44. The Morgan fingerprint density at radius 1 is 1.20 bits per heavy atom. The molecular formula is C21H20N2O5S2. The van der Waals surface area contributed by atoms with Crippen LogP contribution in [0.15, 0.2) is 47.4 Å². The third-order valence-corrected chi connectivity index (χ3v) is 6.06. The Labute approximate surface area is 183 Å². The number of likely N-dealkylation sites (tertiary alicyclic amines) is 1. The molecule has 1 aromatic carbocycles. The van der Waals surface area contributed by atoms with Crippen LogP contribution >= 0.6 is 24.0 Å². The summed E-state index contributed by atoms with van der Waals surface area (Å²) in [6.07, 6.45) is 5.89. The van der Waals surface area contributed by atoms with Gasteiger partial charge >= 0.3 is 5.97 Å². The van der Waals surface area contributed by atoms with E-state index in [0.717, 1.165) is 22.2 Å². The number of aliphatic carboxylic acids is 1. The number of carbonyl (C=O) groups is 4. The third kappa shape index (κ3) is 5.03. The number of benzene rings is 1. The van der Waals surface area contributed by atoms with Gasteiger partial charge < -0.3 is 5.11 Å². The van der Waals surface area contributed by atoms with E-state index in [9.17, 15) is 19.2 Å². The smallest absolute Gasteiger partial charge is 0.303 e. The molecule has 2 aliphatic heterocycles. The Balaban J connectivity index is 1.65. The fourth-order valence-electron chi connectivity index (χ4n) is 3.22. The predicted octanol–water partition coefficient (Wildman–Crippen LogP) is 2.83. The number of imide groups is 1. The van der Waals surface area contributed by atoms with Crippen molar-refractivity contribution >= 4 is 58.1 Å². The molecule has 2 heterocycles. The predicted molar refractivity (Wildman–Crippen MR) is 117 cm³/mol. The molecule has 1 unspecified atom stereocenters. The molecule has 30 heavy (non-hydrogen) atoms. The molecule has 0 radical (unpaired) electrons. The zero-order valence-electron chi connectivity index (χ0n) is 16.0. The normalized spacial score (nSPS) is 20.9. The van der Waals surface area contributed by atoms with E-state index < -0.39 is 17.9 Å². The number of carboxylic acids is 1. The molecule has 0 saturated carbocycles. The molecule has 0 aliphatic carbocycles. The van der Waals surface area contributed by atoms with E-state index >= 15 is 0 Å². The second kappa shape index (κ2) is 9.82. The highest BCUT2D eigenvalue weighted by Crippen LogP contribution is 2.35. The lowest BCUT2D eigenvalue weighted by atomic mass is 10.2. The average Bonchev–Trinajstić information content (AvgIpc) is 3.14. The van der Waals surface area contributed by atoms with Crippen LogP contribution in [0.25, 0.3) is 6.08 Å². The van der Waals surface area contributed by atoms with Crippen LogP contribution in [0.1, 0.15) is 31.2 Å². The first-order valence-corrected chi connectivity index (χ1v) is 10.7. The maximum absolute atomic E-state index is 12.8. The first-order valence-electron chi connectivity index (χ1n) is 9.43. The van der Waals surface area contributed by atoms with Gasteiger partial charge in [-0.15, -0.1) is 0 Å². The fraction of sp³-hybridized carbons (Fsp3) is 0.286. The quantitative estimate of drug-likeness (QED) is 0.285. The van der Waals surface area contributed by atoms with Gasteiger partial charge in [0.1, 0.15) is 10.4 Å². The lowest BCUT2D eigenvalue weighted by molar-refractivity contribution is -0.141. The second-order valence-corrected chi connectivity index (χ2v) is 8.47. The number of thioether (sulfide) groups is 1. The number of amides is 3. The summed E-state index contributed by atoms with van der Waals surface area (Å²) in [6, 6.07) is 8.67. The number of allylic oxidation sites excluding steroid dienone is 2. The molecule has 7 nitrogen and oxygen atoms in total. The van der Waals surface area contributed by atoms with E-state index in [0.29, 0.717) is 17.7 Å². The van der Waals surface area contributed by atoms with Crippen LogP contribution < -0.4 is 0 Å². The van der Waals surface area contributed by atoms with Gasteiger partial charge in [0.2, 0.25) is 5.91 Å². The molecule has 0 spiro atoms. The molecule has 2 aliphatic rings. The van der Waals surface area contributed by atoms with Crippen molar-refractivity contribution in [1.29, 1.82) is 0 Å². The molecule has 0 bridgehead atoms. The van der Waals surface area contributed by atoms with Gasteiger partial charge in [0.25, 0.3) is 11.8 Å². The summed E-state index contributed by atoms with van der Waals surface area (Å²) in [5.74, 6) is -2.14. The molecule has 0 aromatic heterocycles. The minimum absolute atomic E-state index is 0.0182. The Morgan fingerprint density at radius 2 is 1.93 bits per heavy atom. The number of nitrogens with zero attached hydrogens (tertiary/aromatic N) is 2. The zero-order valence-corrected chi connectivity index (χ0v) is 17.7. The van der Waals surface area contributed by atoms with Crippen molar-refractivity contribution in [3.05, 3.63) is 53.0 Å². The number of unbranched alkanes of at least 4 members (excludes halogenated alkanes) is 1. The minimum atomic E-state index is -0.937. The average molecular weight is 445 g/mol. The van der Waals surface area contributed by atoms with Crippen molar-refractivity contribution in [2.75, 3.05) is 6.54 Å². The van der Waals surface area contributed by atoms with Gasteiger partial charge in [0, 0.05) is 13.0 Å². The number of hydrogen-bond donors (Lipinski definition) is 1. The number of thiocarbonyl (C=S) groups is 1. The van der Waals surface area contributed by atoms with Crippen molar-refractivity contribution in [3.63, 3.8) is 0 Å². The van der Waals surface area contributed by atoms with Crippen LogP contribution in [0.5, 0.6) is 0 Å². The Hall–Kier alpha value is -2.78. The Kier molecular flexibility index (Phi) is 7.17. The van der Waals surface area contributed by atoms with Crippen LogP contribution in [0.3, 0.4) is 0 Å². The van der Waals surface area contributed by atoms with Crippen molar-refractivity contribution < 1.29 is 24.3 Å². The minimum Gasteiger partial charge on any atom is -0.481 e. The number of rotatable bonds is 8. The maximum Gasteiger partial charge on any atom is 0.303 e. The number of hydrogen-bond acceptors (Lipinski definition) is 6. The first-order chi connectivity index (χ1) is 14.4. The second-order valence-electron chi connectivity index (χ2n) is 6.80. The topological polar surface area (TPSA) is 95.0 Å².